The summed E-state index contributed by atoms with van der Waals surface area (Å²) in [5, 5.41) is 3.23. The van der Waals surface area contributed by atoms with Crippen molar-refractivity contribution in [3.8, 4) is 0 Å². The van der Waals surface area contributed by atoms with Crippen LogP contribution < -0.4 is 5.32 Å². The van der Waals surface area contributed by atoms with E-state index in [1.165, 1.54) is 0 Å². The lowest BCUT2D eigenvalue weighted by Gasteiger charge is -2.18. The van der Waals surface area contributed by atoms with Crippen molar-refractivity contribution < 1.29 is 0 Å². The molecule has 0 radical (unpaired) electrons. The van der Waals surface area contributed by atoms with Crippen LogP contribution in [0.25, 0.3) is 0 Å². The molecule has 0 aliphatic heterocycles. The third kappa shape index (κ3) is 3.40. The molecule has 0 heterocycles. The molecule has 0 fully saturated rings. The Bertz CT molecular complexity index is 154. The monoisotopic (exact) mass is 169 g/mol. The van der Waals surface area contributed by atoms with Gasteiger partial charge in [-0.15, -0.1) is 0 Å². The Hall–Kier alpha value is -0.300. The molecular weight excluding hydrogens is 146 g/mol. The highest BCUT2D eigenvalue weighted by molar-refractivity contribution is 5.17. The van der Waals surface area contributed by atoms with Crippen molar-refractivity contribution in [2.24, 2.45) is 11.8 Å². The summed E-state index contributed by atoms with van der Waals surface area (Å²) in [4.78, 5) is 0. The first-order valence-electron chi connectivity index (χ1n) is 4.84. The van der Waals surface area contributed by atoms with E-state index in [9.17, 15) is 0 Å². The summed E-state index contributed by atoms with van der Waals surface area (Å²) in [6, 6.07) is 0. The molecule has 0 atom stereocenters. The quantitative estimate of drug-likeness (QED) is 0.638. The second kappa shape index (κ2) is 5.36. The van der Waals surface area contributed by atoms with E-state index < -0.39 is 0 Å². The third-order valence-electron chi connectivity index (χ3n) is 2.44. The maximum Gasteiger partial charge on any atom is 0.0166 e. The Kier molecular flexibility index (Phi) is 5.23. The first-order valence-corrected chi connectivity index (χ1v) is 4.84. The summed E-state index contributed by atoms with van der Waals surface area (Å²) in [6.07, 6.45) is 0. The van der Waals surface area contributed by atoms with Crippen LogP contribution in [0, 0.1) is 11.8 Å². The van der Waals surface area contributed by atoms with Gasteiger partial charge in [0.25, 0.3) is 0 Å². The molecule has 0 aliphatic carbocycles. The van der Waals surface area contributed by atoms with Gasteiger partial charge < -0.3 is 5.32 Å². The first-order chi connectivity index (χ1) is 5.50. The number of likely N-dealkylation sites (N-methyl/N-ethyl adjacent to an activating group) is 1. The summed E-state index contributed by atoms with van der Waals surface area (Å²) in [6.45, 7) is 12.3. The van der Waals surface area contributed by atoms with Crippen LogP contribution in [0.5, 0.6) is 0 Å². The Morgan fingerprint density at radius 2 is 1.58 bits per heavy atom. The van der Waals surface area contributed by atoms with Gasteiger partial charge in [0, 0.05) is 6.54 Å². The summed E-state index contributed by atoms with van der Waals surface area (Å²) < 4.78 is 0. The number of hydrogen-bond acceptors (Lipinski definition) is 1. The van der Waals surface area contributed by atoms with E-state index in [1.807, 2.05) is 7.05 Å². The molecule has 0 aromatic carbocycles. The number of rotatable bonds is 4. The predicted octanol–water partition coefficient (Wildman–Crippen LogP) is 2.83. The molecular formula is C11H23N. The Labute approximate surface area is 77.2 Å². The molecule has 1 N–H and O–H groups in total. The van der Waals surface area contributed by atoms with E-state index >= 15 is 0 Å². The Morgan fingerprint density at radius 1 is 1.08 bits per heavy atom. The zero-order valence-electron chi connectivity index (χ0n) is 9.36. The van der Waals surface area contributed by atoms with Crippen molar-refractivity contribution >= 4 is 0 Å². The number of hydrogen-bond donors (Lipinski definition) is 1. The van der Waals surface area contributed by atoms with E-state index in [0.717, 1.165) is 6.54 Å². The molecule has 0 aromatic heterocycles. The van der Waals surface area contributed by atoms with Crippen LogP contribution in [-0.2, 0) is 0 Å². The third-order valence-corrected chi connectivity index (χ3v) is 2.44. The van der Waals surface area contributed by atoms with Crippen molar-refractivity contribution in [3.05, 3.63) is 11.1 Å². The second-order valence-electron chi connectivity index (χ2n) is 4.05. The highest BCUT2D eigenvalue weighted by atomic mass is 14.8. The molecule has 1 heteroatoms. The zero-order chi connectivity index (χ0) is 9.72. The maximum absolute atomic E-state index is 3.23. The van der Waals surface area contributed by atoms with E-state index in [0.29, 0.717) is 11.8 Å². The van der Waals surface area contributed by atoms with Crippen LogP contribution in [0.4, 0.5) is 0 Å². The summed E-state index contributed by atoms with van der Waals surface area (Å²) >= 11 is 0. The average Bonchev–Trinajstić information content (AvgIpc) is 1.98. The normalized spacial score (nSPS) is 14.0. The minimum atomic E-state index is 0.667. The molecule has 0 rings (SSSR count). The van der Waals surface area contributed by atoms with Crippen molar-refractivity contribution in [2.75, 3.05) is 13.6 Å². The van der Waals surface area contributed by atoms with Crippen LogP contribution in [0.2, 0.25) is 0 Å². The van der Waals surface area contributed by atoms with Crippen LogP contribution in [-0.4, -0.2) is 13.6 Å². The highest BCUT2D eigenvalue weighted by Gasteiger charge is 2.08. The molecule has 0 unspecified atom stereocenters. The molecule has 1 nitrogen and oxygen atoms in total. The van der Waals surface area contributed by atoms with Gasteiger partial charge in [0.1, 0.15) is 0 Å². The molecule has 12 heavy (non-hydrogen) atoms. The van der Waals surface area contributed by atoms with Gasteiger partial charge in [0.05, 0.1) is 0 Å². The largest absolute Gasteiger partial charge is 0.316 e. The molecule has 0 saturated heterocycles. The standard InChI is InChI=1S/C11H23N/c1-8(2)10(5)11(7-12-6)9(3)4/h8-9,12H,7H2,1-6H3/b11-10-. The van der Waals surface area contributed by atoms with Crippen molar-refractivity contribution in [3.63, 3.8) is 0 Å². The van der Waals surface area contributed by atoms with Gasteiger partial charge >= 0.3 is 0 Å². The number of nitrogens with one attached hydrogen (secondary N) is 1. The van der Waals surface area contributed by atoms with Gasteiger partial charge in [-0.05, 0) is 25.8 Å². The Morgan fingerprint density at radius 3 is 1.83 bits per heavy atom. The summed E-state index contributed by atoms with van der Waals surface area (Å²) in [5.74, 6) is 1.34. The van der Waals surface area contributed by atoms with Crippen molar-refractivity contribution in [1.29, 1.82) is 0 Å². The van der Waals surface area contributed by atoms with Gasteiger partial charge in [-0.25, -0.2) is 0 Å². The van der Waals surface area contributed by atoms with E-state index in [-0.39, 0.29) is 0 Å². The fraction of sp³-hybridized carbons (Fsp3) is 0.818. The molecule has 72 valence electrons. The van der Waals surface area contributed by atoms with Crippen LogP contribution in [0.15, 0.2) is 11.1 Å². The minimum Gasteiger partial charge on any atom is -0.316 e. The molecule has 0 bridgehead atoms. The molecule has 0 amide bonds. The molecule has 0 saturated carbocycles. The Balaban J connectivity index is 4.55. The van der Waals surface area contributed by atoms with Gasteiger partial charge in [0.2, 0.25) is 0 Å². The van der Waals surface area contributed by atoms with E-state index in [4.69, 9.17) is 0 Å². The fourth-order valence-electron chi connectivity index (χ4n) is 1.36. The summed E-state index contributed by atoms with van der Waals surface area (Å²) in [5.41, 5.74) is 3.10. The van der Waals surface area contributed by atoms with Gasteiger partial charge in [0.15, 0.2) is 0 Å². The lowest BCUT2D eigenvalue weighted by atomic mass is 9.92. The van der Waals surface area contributed by atoms with Crippen LogP contribution in [0.3, 0.4) is 0 Å². The second-order valence-corrected chi connectivity index (χ2v) is 4.05. The molecule has 0 aromatic rings. The minimum absolute atomic E-state index is 0.667. The zero-order valence-corrected chi connectivity index (χ0v) is 9.36. The smallest absolute Gasteiger partial charge is 0.0166 e. The fourth-order valence-corrected chi connectivity index (χ4v) is 1.36. The molecule has 0 spiro atoms. The average molecular weight is 169 g/mol. The number of allylic oxidation sites excluding steroid dienone is 1. The lowest BCUT2D eigenvalue weighted by Crippen LogP contribution is -2.16. The van der Waals surface area contributed by atoms with Crippen LogP contribution in [0.1, 0.15) is 34.6 Å². The van der Waals surface area contributed by atoms with Crippen molar-refractivity contribution in [2.45, 2.75) is 34.6 Å². The van der Waals surface area contributed by atoms with Crippen LogP contribution >= 0.6 is 0 Å². The van der Waals surface area contributed by atoms with Gasteiger partial charge in [-0.3, -0.25) is 0 Å². The highest BCUT2D eigenvalue weighted by Crippen LogP contribution is 2.19. The van der Waals surface area contributed by atoms with Crippen molar-refractivity contribution in [1.82, 2.24) is 5.32 Å². The SMILES string of the molecule is CNC/C(=C(\C)C(C)C)C(C)C. The topological polar surface area (TPSA) is 12.0 Å². The lowest BCUT2D eigenvalue weighted by molar-refractivity contribution is 0.653. The van der Waals surface area contributed by atoms with Gasteiger partial charge in [-0.1, -0.05) is 38.8 Å². The van der Waals surface area contributed by atoms with E-state index in [2.05, 4.69) is 39.9 Å². The van der Waals surface area contributed by atoms with Gasteiger partial charge in [-0.2, -0.15) is 0 Å². The van der Waals surface area contributed by atoms with E-state index in [1.54, 1.807) is 11.1 Å². The maximum atomic E-state index is 3.23. The molecule has 0 aliphatic rings. The predicted molar refractivity (Wildman–Crippen MR) is 56.3 cm³/mol. The first kappa shape index (κ1) is 11.7. The summed E-state index contributed by atoms with van der Waals surface area (Å²) in [7, 11) is 2.01.